The Hall–Kier alpha value is -1.78. The SMILES string of the molecule is COc1cc(Cl)c(C)cc1NCC(O)c1ccccc1F. The van der Waals surface area contributed by atoms with Gasteiger partial charge in [0.25, 0.3) is 0 Å². The van der Waals surface area contributed by atoms with Crippen LogP contribution in [0.5, 0.6) is 5.75 Å². The summed E-state index contributed by atoms with van der Waals surface area (Å²) in [6.45, 7) is 2.04. The van der Waals surface area contributed by atoms with E-state index in [2.05, 4.69) is 5.32 Å². The third-order valence-corrected chi connectivity index (χ3v) is 3.64. The zero-order valence-electron chi connectivity index (χ0n) is 11.9. The maximum Gasteiger partial charge on any atom is 0.143 e. The first-order valence-corrected chi connectivity index (χ1v) is 6.91. The molecule has 0 radical (unpaired) electrons. The van der Waals surface area contributed by atoms with Crippen LogP contribution in [-0.2, 0) is 0 Å². The molecule has 0 aliphatic heterocycles. The van der Waals surface area contributed by atoms with Crippen molar-refractivity contribution < 1.29 is 14.2 Å². The molecule has 0 saturated carbocycles. The Balaban J connectivity index is 2.13. The van der Waals surface area contributed by atoms with Crippen molar-refractivity contribution >= 4 is 17.3 Å². The predicted octanol–water partition coefficient (Wildman–Crippen LogP) is 3.94. The topological polar surface area (TPSA) is 41.5 Å². The summed E-state index contributed by atoms with van der Waals surface area (Å²) >= 11 is 6.04. The second-order valence-electron chi connectivity index (χ2n) is 4.72. The van der Waals surface area contributed by atoms with E-state index in [1.165, 1.54) is 6.07 Å². The summed E-state index contributed by atoms with van der Waals surface area (Å²) in [4.78, 5) is 0. The van der Waals surface area contributed by atoms with Crippen molar-refractivity contribution in [3.63, 3.8) is 0 Å². The van der Waals surface area contributed by atoms with Crippen LogP contribution in [0, 0.1) is 12.7 Å². The second-order valence-corrected chi connectivity index (χ2v) is 5.13. The van der Waals surface area contributed by atoms with Crippen LogP contribution in [0.1, 0.15) is 17.2 Å². The van der Waals surface area contributed by atoms with Crippen molar-refractivity contribution in [2.24, 2.45) is 0 Å². The Labute approximate surface area is 128 Å². The average Bonchev–Trinajstić information content (AvgIpc) is 2.48. The van der Waals surface area contributed by atoms with Crippen molar-refractivity contribution in [3.8, 4) is 5.75 Å². The van der Waals surface area contributed by atoms with Gasteiger partial charge < -0.3 is 15.2 Å². The number of benzene rings is 2. The first-order valence-electron chi connectivity index (χ1n) is 6.53. The fourth-order valence-corrected chi connectivity index (χ4v) is 2.19. The van der Waals surface area contributed by atoms with Gasteiger partial charge in [-0.3, -0.25) is 0 Å². The van der Waals surface area contributed by atoms with Gasteiger partial charge in [0.2, 0.25) is 0 Å². The maximum atomic E-state index is 13.6. The summed E-state index contributed by atoms with van der Waals surface area (Å²) < 4.78 is 18.8. The molecule has 0 heterocycles. The van der Waals surface area contributed by atoms with Crippen molar-refractivity contribution in [1.82, 2.24) is 0 Å². The molecule has 1 unspecified atom stereocenters. The number of halogens is 2. The van der Waals surface area contributed by atoms with Crippen LogP contribution in [0.2, 0.25) is 5.02 Å². The van der Waals surface area contributed by atoms with Gasteiger partial charge in [-0.05, 0) is 24.6 Å². The third-order valence-electron chi connectivity index (χ3n) is 3.23. The highest BCUT2D eigenvalue weighted by Crippen LogP contribution is 2.31. The Morgan fingerprint density at radius 1 is 1.33 bits per heavy atom. The summed E-state index contributed by atoms with van der Waals surface area (Å²) in [5, 5.41) is 13.7. The van der Waals surface area contributed by atoms with Gasteiger partial charge in [-0.2, -0.15) is 0 Å². The number of hydrogen-bond acceptors (Lipinski definition) is 3. The highest BCUT2D eigenvalue weighted by atomic mass is 35.5. The smallest absolute Gasteiger partial charge is 0.143 e. The molecule has 0 aliphatic carbocycles. The molecule has 2 aromatic carbocycles. The van der Waals surface area contributed by atoms with Gasteiger partial charge in [0.1, 0.15) is 11.6 Å². The molecular weight excluding hydrogens is 293 g/mol. The third kappa shape index (κ3) is 3.65. The van der Waals surface area contributed by atoms with E-state index >= 15 is 0 Å². The molecule has 3 nitrogen and oxygen atoms in total. The van der Waals surface area contributed by atoms with Crippen molar-refractivity contribution in [1.29, 1.82) is 0 Å². The number of ether oxygens (including phenoxy) is 1. The van der Waals surface area contributed by atoms with E-state index in [-0.39, 0.29) is 12.1 Å². The Kier molecular flexibility index (Phi) is 5.04. The maximum absolute atomic E-state index is 13.6. The number of rotatable bonds is 5. The van der Waals surface area contributed by atoms with Crippen LogP contribution >= 0.6 is 11.6 Å². The van der Waals surface area contributed by atoms with Gasteiger partial charge in [0, 0.05) is 23.2 Å². The lowest BCUT2D eigenvalue weighted by Crippen LogP contribution is -2.14. The largest absolute Gasteiger partial charge is 0.495 e. The van der Waals surface area contributed by atoms with E-state index in [4.69, 9.17) is 16.3 Å². The molecule has 0 fully saturated rings. The van der Waals surface area contributed by atoms with E-state index in [0.717, 1.165) is 5.56 Å². The standard InChI is InChI=1S/C16H17ClFNO2/c1-10-7-14(16(21-2)8-12(10)17)19-9-15(20)11-5-3-4-6-13(11)18/h3-8,15,19-20H,9H2,1-2H3. The van der Waals surface area contributed by atoms with E-state index in [0.29, 0.717) is 16.5 Å². The van der Waals surface area contributed by atoms with E-state index in [1.807, 2.05) is 13.0 Å². The van der Waals surface area contributed by atoms with Crippen LogP contribution in [0.25, 0.3) is 0 Å². The lowest BCUT2D eigenvalue weighted by atomic mass is 10.1. The highest BCUT2D eigenvalue weighted by molar-refractivity contribution is 6.31. The minimum absolute atomic E-state index is 0.165. The van der Waals surface area contributed by atoms with Gasteiger partial charge in [0.15, 0.2) is 0 Å². The zero-order valence-corrected chi connectivity index (χ0v) is 12.6. The van der Waals surface area contributed by atoms with E-state index in [9.17, 15) is 9.50 Å². The van der Waals surface area contributed by atoms with Crippen LogP contribution in [0.15, 0.2) is 36.4 Å². The Morgan fingerprint density at radius 2 is 2.05 bits per heavy atom. The van der Waals surface area contributed by atoms with Gasteiger partial charge >= 0.3 is 0 Å². The van der Waals surface area contributed by atoms with Gasteiger partial charge in [-0.15, -0.1) is 0 Å². The first kappa shape index (κ1) is 15.6. The normalized spacial score (nSPS) is 12.0. The molecule has 0 spiro atoms. The predicted molar refractivity (Wildman–Crippen MR) is 82.6 cm³/mol. The lowest BCUT2D eigenvalue weighted by molar-refractivity contribution is 0.186. The average molecular weight is 310 g/mol. The van der Waals surface area contributed by atoms with Crippen LogP contribution in [-0.4, -0.2) is 18.8 Å². The minimum Gasteiger partial charge on any atom is -0.495 e. The van der Waals surface area contributed by atoms with Gasteiger partial charge in [-0.25, -0.2) is 4.39 Å². The molecule has 0 aromatic heterocycles. The molecule has 0 aliphatic rings. The van der Waals surface area contributed by atoms with E-state index < -0.39 is 11.9 Å². The lowest BCUT2D eigenvalue weighted by Gasteiger charge is -2.16. The number of nitrogens with one attached hydrogen (secondary N) is 1. The summed E-state index contributed by atoms with van der Waals surface area (Å²) in [7, 11) is 1.54. The molecule has 2 N–H and O–H groups in total. The summed E-state index contributed by atoms with van der Waals surface area (Å²) in [5.74, 6) is 0.150. The Bertz CT molecular complexity index is 634. The van der Waals surface area contributed by atoms with Crippen molar-refractivity contribution in [2.45, 2.75) is 13.0 Å². The first-order chi connectivity index (χ1) is 10.0. The summed E-state index contributed by atoms with van der Waals surface area (Å²) in [5.41, 5.74) is 1.85. The monoisotopic (exact) mass is 309 g/mol. The number of aliphatic hydroxyl groups excluding tert-OH is 1. The highest BCUT2D eigenvalue weighted by Gasteiger charge is 2.13. The number of aliphatic hydroxyl groups is 1. The van der Waals surface area contributed by atoms with Gasteiger partial charge in [-0.1, -0.05) is 29.8 Å². The molecule has 5 heteroatoms. The van der Waals surface area contributed by atoms with Crippen molar-refractivity contribution in [2.75, 3.05) is 19.0 Å². The quantitative estimate of drug-likeness (QED) is 0.879. The molecule has 2 rings (SSSR count). The van der Waals surface area contributed by atoms with Crippen molar-refractivity contribution in [3.05, 3.63) is 58.4 Å². The second kappa shape index (κ2) is 6.78. The fraction of sp³-hybridized carbons (Fsp3) is 0.250. The molecule has 112 valence electrons. The summed E-state index contributed by atoms with van der Waals surface area (Å²) in [6, 6.07) is 9.70. The van der Waals surface area contributed by atoms with Gasteiger partial charge in [0.05, 0.1) is 18.9 Å². The summed E-state index contributed by atoms with van der Waals surface area (Å²) in [6.07, 6.45) is -0.952. The molecule has 2 aromatic rings. The fourth-order valence-electron chi connectivity index (χ4n) is 2.03. The van der Waals surface area contributed by atoms with E-state index in [1.54, 1.807) is 31.4 Å². The van der Waals surface area contributed by atoms with Crippen LogP contribution in [0.3, 0.4) is 0 Å². The number of anilines is 1. The molecule has 0 saturated heterocycles. The molecule has 21 heavy (non-hydrogen) atoms. The molecule has 0 amide bonds. The zero-order chi connectivity index (χ0) is 15.4. The molecule has 0 bridgehead atoms. The Morgan fingerprint density at radius 3 is 2.71 bits per heavy atom. The minimum atomic E-state index is -0.952. The van der Waals surface area contributed by atoms with Crippen LogP contribution < -0.4 is 10.1 Å². The molecule has 1 atom stereocenters. The molecular formula is C16H17ClFNO2. The van der Waals surface area contributed by atoms with Crippen LogP contribution in [0.4, 0.5) is 10.1 Å². The number of aryl methyl sites for hydroxylation is 1. The number of hydrogen-bond donors (Lipinski definition) is 2. The number of methoxy groups -OCH3 is 1.